The predicted octanol–water partition coefficient (Wildman–Crippen LogP) is 2.74. The van der Waals surface area contributed by atoms with Gasteiger partial charge in [-0.1, -0.05) is 24.8 Å². The Bertz CT molecular complexity index is 207. The second kappa shape index (κ2) is 6.14. The number of hydrogen-bond donors (Lipinski definition) is 0. The van der Waals surface area contributed by atoms with Gasteiger partial charge in [-0.05, 0) is 25.2 Å². The standard InChI is InChI=1S/C8H9NS/c1-3-5-6-8(4-2)9-7-10/h3-6H,1H2,2H3/b6-5-,8-4+. The maximum Gasteiger partial charge on any atom is 0.0696 e. The largest absolute Gasteiger partial charge is 0.195 e. The monoisotopic (exact) mass is 151 g/mol. The number of rotatable bonds is 3. The average molecular weight is 151 g/mol. The molecule has 0 aliphatic rings. The fourth-order valence-corrected chi connectivity index (χ4v) is 0.523. The van der Waals surface area contributed by atoms with Crippen LogP contribution in [-0.2, 0) is 0 Å². The lowest BCUT2D eigenvalue weighted by atomic mass is 10.4. The van der Waals surface area contributed by atoms with Crippen LogP contribution in [0.4, 0.5) is 0 Å². The van der Waals surface area contributed by atoms with Crippen molar-refractivity contribution in [2.45, 2.75) is 6.92 Å². The summed E-state index contributed by atoms with van der Waals surface area (Å²) in [6.07, 6.45) is 7.14. The minimum Gasteiger partial charge on any atom is -0.195 e. The highest BCUT2D eigenvalue weighted by molar-refractivity contribution is 7.78. The van der Waals surface area contributed by atoms with Crippen LogP contribution in [-0.4, -0.2) is 5.16 Å². The van der Waals surface area contributed by atoms with Crippen LogP contribution in [0.15, 0.2) is 41.6 Å². The van der Waals surface area contributed by atoms with Gasteiger partial charge < -0.3 is 0 Å². The van der Waals surface area contributed by atoms with Crippen molar-refractivity contribution >= 4 is 17.4 Å². The molecule has 0 aliphatic carbocycles. The van der Waals surface area contributed by atoms with E-state index in [1.54, 1.807) is 12.2 Å². The van der Waals surface area contributed by atoms with Gasteiger partial charge in [0.15, 0.2) is 0 Å². The third-order valence-electron chi connectivity index (χ3n) is 0.874. The van der Waals surface area contributed by atoms with Gasteiger partial charge in [0.25, 0.3) is 0 Å². The topological polar surface area (TPSA) is 12.4 Å². The van der Waals surface area contributed by atoms with Crippen LogP contribution < -0.4 is 0 Å². The van der Waals surface area contributed by atoms with E-state index in [0.717, 1.165) is 5.70 Å². The Balaban J connectivity index is 4.24. The van der Waals surface area contributed by atoms with Crippen molar-refractivity contribution in [1.82, 2.24) is 0 Å². The van der Waals surface area contributed by atoms with Crippen molar-refractivity contribution in [2.75, 3.05) is 0 Å². The molecule has 0 bridgehead atoms. The molecular formula is C8H9NS. The van der Waals surface area contributed by atoms with E-state index < -0.39 is 0 Å². The summed E-state index contributed by atoms with van der Waals surface area (Å²) in [5.41, 5.74) is 0.801. The molecule has 0 fully saturated rings. The molecule has 0 atom stereocenters. The van der Waals surface area contributed by atoms with Crippen molar-refractivity contribution in [3.63, 3.8) is 0 Å². The van der Waals surface area contributed by atoms with Crippen LogP contribution in [0.5, 0.6) is 0 Å². The lowest BCUT2D eigenvalue weighted by Gasteiger charge is -1.83. The van der Waals surface area contributed by atoms with Crippen LogP contribution in [0, 0.1) is 0 Å². The molecule has 0 aliphatic heterocycles. The molecule has 52 valence electrons. The average Bonchev–Trinajstić information content (AvgIpc) is 1.98. The number of nitrogens with zero attached hydrogens (tertiary/aromatic N) is 1. The Morgan fingerprint density at radius 2 is 2.40 bits per heavy atom. The third-order valence-corrected chi connectivity index (χ3v) is 0.965. The van der Waals surface area contributed by atoms with Gasteiger partial charge in [0, 0.05) is 0 Å². The quantitative estimate of drug-likeness (QED) is 0.343. The Morgan fingerprint density at radius 1 is 1.70 bits per heavy atom. The fraction of sp³-hybridized carbons (Fsp3) is 0.125. The van der Waals surface area contributed by atoms with Crippen molar-refractivity contribution in [2.24, 2.45) is 4.99 Å². The van der Waals surface area contributed by atoms with Crippen molar-refractivity contribution in [3.8, 4) is 0 Å². The van der Waals surface area contributed by atoms with E-state index in [2.05, 4.69) is 29.0 Å². The summed E-state index contributed by atoms with van der Waals surface area (Å²) in [6.45, 7) is 5.41. The zero-order valence-corrected chi connectivity index (χ0v) is 6.69. The van der Waals surface area contributed by atoms with Gasteiger partial charge in [-0.25, -0.2) is 0 Å². The van der Waals surface area contributed by atoms with E-state index in [4.69, 9.17) is 0 Å². The number of hydrogen-bond acceptors (Lipinski definition) is 2. The lowest BCUT2D eigenvalue weighted by Crippen LogP contribution is -1.66. The Labute approximate surface area is 66.5 Å². The van der Waals surface area contributed by atoms with Gasteiger partial charge in [-0.15, -0.1) is 0 Å². The van der Waals surface area contributed by atoms with E-state index in [1.165, 1.54) is 0 Å². The highest BCUT2D eigenvalue weighted by Gasteiger charge is 1.79. The zero-order valence-electron chi connectivity index (χ0n) is 5.87. The number of isothiocyanates is 1. The molecule has 0 saturated carbocycles. The molecule has 0 rings (SSSR count). The van der Waals surface area contributed by atoms with Gasteiger partial charge in [-0.3, -0.25) is 0 Å². The van der Waals surface area contributed by atoms with E-state index in [0.29, 0.717) is 0 Å². The third kappa shape index (κ3) is 3.96. The second-order valence-corrected chi connectivity index (χ2v) is 1.69. The van der Waals surface area contributed by atoms with E-state index in [9.17, 15) is 0 Å². The van der Waals surface area contributed by atoms with E-state index >= 15 is 0 Å². The molecule has 0 aromatic rings. The minimum atomic E-state index is 0.801. The van der Waals surface area contributed by atoms with Gasteiger partial charge in [0.05, 0.1) is 10.9 Å². The normalized spacial score (nSPS) is 11.1. The predicted molar refractivity (Wildman–Crippen MR) is 48.1 cm³/mol. The first-order valence-corrected chi connectivity index (χ1v) is 3.29. The molecule has 1 nitrogen and oxygen atoms in total. The molecule has 0 unspecified atom stereocenters. The van der Waals surface area contributed by atoms with Crippen LogP contribution in [0.2, 0.25) is 0 Å². The molecule has 2 heteroatoms. The van der Waals surface area contributed by atoms with Gasteiger partial charge >= 0.3 is 0 Å². The first-order chi connectivity index (χ1) is 4.85. The highest BCUT2D eigenvalue weighted by atomic mass is 32.1. The molecule has 0 spiro atoms. The smallest absolute Gasteiger partial charge is 0.0696 e. The van der Waals surface area contributed by atoms with Crippen LogP contribution in [0.1, 0.15) is 6.92 Å². The van der Waals surface area contributed by atoms with Gasteiger partial charge in [-0.2, -0.15) is 4.99 Å². The summed E-state index contributed by atoms with van der Waals surface area (Å²) in [7, 11) is 0. The minimum absolute atomic E-state index is 0.801. The first-order valence-electron chi connectivity index (χ1n) is 2.88. The summed E-state index contributed by atoms with van der Waals surface area (Å²) in [5.74, 6) is 0. The zero-order chi connectivity index (χ0) is 7.82. The van der Waals surface area contributed by atoms with Crippen molar-refractivity contribution < 1.29 is 0 Å². The molecule has 10 heavy (non-hydrogen) atoms. The summed E-state index contributed by atoms with van der Waals surface area (Å²) in [4.78, 5) is 3.77. The fourth-order valence-electron chi connectivity index (χ4n) is 0.417. The maximum atomic E-state index is 4.43. The molecule has 0 heterocycles. The molecular weight excluding hydrogens is 142 g/mol. The molecule has 0 radical (unpaired) electrons. The second-order valence-electron chi connectivity index (χ2n) is 1.51. The van der Waals surface area contributed by atoms with Crippen LogP contribution in [0.3, 0.4) is 0 Å². The molecule has 0 aromatic heterocycles. The molecule has 0 aromatic carbocycles. The van der Waals surface area contributed by atoms with Crippen LogP contribution >= 0.6 is 12.2 Å². The molecule has 0 saturated heterocycles. The van der Waals surface area contributed by atoms with Crippen molar-refractivity contribution in [3.05, 3.63) is 36.6 Å². The number of allylic oxidation sites excluding steroid dienone is 4. The highest BCUT2D eigenvalue weighted by Crippen LogP contribution is 1.96. The Morgan fingerprint density at radius 3 is 2.80 bits per heavy atom. The molecule has 0 amide bonds. The summed E-state index contributed by atoms with van der Waals surface area (Å²) < 4.78 is 0. The molecule has 0 N–H and O–H groups in total. The number of aliphatic imine (C=N–C) groups is 1. The maximum absolute atomic E-state index is 4.43. The number of thiocarbonyl (C=S) groups is 1. The lowest BCUT2D eigenvalue weighted by molar-refractivity contribution is 1.40. The van der Waals surface area contributed by atoms with Crippen molar-refractivity contribution in [1.29, 1.82) is 0 Å². The SMILES string of the molecule is C=C/C=C\C(=C/C)N=C=S. The van der Waals surface area contributed by atoms with Gasteiger partial charge in [0.2, 0.25) is 0 Å². The first kappa shape index (κ1) is 9.02. The summed E-state index contributed by atoms with van der Waals surface area (Å²) in [5, 5.41) is 2.28. The van der Waals surface area contributed by atoms with Gasteiger partial charge in [0.1, 0.15) is 0 Å². The van der Waals surface area contributed by atoms with E-state index in [-0.39, 0.29) is 0 Å². The van der Waals surface area contributed by atoms with Crippen LogP contribution in [0.25, 0.3) is 0 Å². The summed E-state index contributed by atoms with van der Waals surface area (Å²) in [6, 6.07) is 0. The Hall–Kier alpha value is -0.980. The summed E-state index contributed by atoms with van der Waals surface area (Å²) >= 11 is 4.43. The van der Waals surface area contributed by atoms with E-state index in [1.807, 2.05) is 19.1 Å². The Kier molecular flexibility index (Phi) is 5.54.